The highest BCUT2D eigenvalue weighted by Crippen LogP contribution is 2.11. The lowest BCUT2D eigenvalue weighted by atomic mass is 10.1. The van der Waals surface area contributed by atoms with Crippen molar-refractivity contribution in [3.8, 4) is 0 Å². The van der Waals surface area contributed by atoms with E-state index in [4.69, 9.17) is 0 Å². The van der Waals surface area contributed by atoms with Crippen molar-refractivity contribution >= 4 is 15.7 Å². The minimum Gasteiger partial charge on any atom is -0.335 e. The Hall–Kier alpha value is -1.62. The van der Waals surface area contributed by atoms with E-state index in [1.807, 2.05) is 13.8 Å². The fraction of sp³-hybridized carbons (Fsp3) is 0.400. The molecule has 0 radical (unpaired) electrons. The van der Waals surface area contributed by atoms with Gasteiger partial charge in [0.25, 0.3) is 5.91 Å². The third-order valence-electron chi connectivity index (χ3n) is 2.76. The molecule has 1 rings (SSSR count). The number of hydrogen-bond acceptors (Lipinski definition) is 3. The summed E-state index contributed by atoms with van der Waals surface area (Å²) in [7, 11) is -3.05. The number of likely N-dealkylation sites (N-methyl/N-ethyl adjacent to an activating group) is 1. The molecule has 1 aromatic rings. The number of amides is 1. The summed E-state index contributed by atoms with van der Waals surface area (Å²) in [6.07, 6.45) is 1.19. The van der Waals surface area contributed by atoms with Crippen molar-refractivity contribution in [3.63, 3.8) is 0 Å². The molecule has 0 N–H and O–H groups in total. The van der Waals surface area contributed by atoms with Crippen molar-refractivity contribution in [1.29, 1.82) is 0 Å². The van der Waals surface area contributed by atoms with E-state index >= 15 is 0 Å². The molecule has 0 aliphatic rings. The highest BCUT2D eigenvalue weighted by atomic mass is 32.2. The number of nitrogens with zero attached hydrogens (tertiary/aromatic N) is 1. The summed E-state index contributed by atoms with van der Waals surface area (Å²) in [5.41, 5.74) is 2.17. The van der Waals surface area contributed by atoms with Crippen LogP contribution < -0.4 is 0 Å². The Balaban J connectivity index is 2.87. The molecule has 0 saturated heterocycles. The Kier molecular flexibility index (Phi) is 5.51. The maximum absolute atomic E-state index is 12.3. The van der Waals surface area contributed by atoms with Gasteiger partial charge in [-0.25, -0.2) is 8.42 Å². The van der Waals surface area contributed by atoms with Gasteiger partial charge in [0.2, 0.25) is 0 Å². The van der Waals surface area contributed by atoms with Gasteiger partial charge in [0, 0.05) is 24.9 Å². The summed E-state index contributed by atoms with van der Waals surface area (Å²) in [6, 6.07) is 6.71. The van der Waals surface area contributed by atoms with Crippen LogP contribution in [0.3, 0.4) is 0 Å². The molecule has 0 saturated carbocycles. The van der Waals surface area contributed by atoms with Gasteiger partial charge in [0.1, 0.15) is 0 Å². The zero-order valence-electron chi connectivity index (χ0n) is 12.2. The molecule has 0 spiro atoms. The van der Waals surface area contributed by atoms with Crippen molar-refractivity contribution in [2.45, 2.75) is 19.6 Å². The smallest absolute Gasteiger partial charge is 0.254 e. The SMILES string of the molecule is C=C(C)CN(CC)C(=O)c1ccc(CS(C)(=O)=O)cc1. The average Bonchev–Trinajstić information content (AvgIpc) is 2.34. The number of carbonyl (C=O) groups is 1. The molecule has 0 aliphatic carbocycles. The lowest BCUT2D eigenvalue weighted by molar-refractivity contribution is 0.0778. The van der Waals surface area contributed by atoms with E-state index in [9.17, 15) is 13.2 Å². The molecule has 1 amide bonds. The van der Waals surface area contributed by atoms with Crippen LogP contribution in [0.5, 0.6) is 0 Å². The number of benzene rings is 1. The van der Waals surface area contributed by atoms with Crippen LogP contribution in [0.4, 0.5) is 0 Å². The van der Waals surface area contributed by atoms with Crippen LogP contribution in [0.2, 0.25) is 0 Å². The molecule has 4 nitrogen and oxygen atoms in total. The normalized spacial score (nSPS) is 11.2. The fourth-order valence-corrected chi connectivity index (χ4v) is 2.68. The lowest BCUT2D eigenvalue weighted by Crippen LogP contribution is -2.32. The Morgan fingerprint density at radius 2 is 1.80 bits per heavy atom. The Bertz CT molecular complexity index is 588. The van der Waals surface area contributed by atoms with Gasteiger partial charge in [0.15, 0.2) is 9.84 Å². The van der Waals surface area contributed by atoms with Crippen molar-refractivity contribution in [2.75, 3.05) is 19.3 Å². The van der Waals surface area contributed by atoms with Crippen molar-refractivity contribution < 1.29 is 13.2 Å². The van der Waals surface area contributed by atoms with Crippen LogP contribution in [-0.4, -0.2) is 38.6 Å². The second-order valence-electron chi connectivity index (χ2n) is 5.04. The van der Waals surface area contributed by atoms with Crippen LogP contribution in [-0.2, 0) is 15.6 Å². The molecular weight excluding hydrogens is 274 g/mol. The number of hydrogen-bond donors (Lipinski definition) is 0. The maximum Gasteiger partial charge on any atom is 0.254 e. The summed E-state index contributed by atoms with van der Waals surface area (Å²) in [4.78, 5) is 14.0. The molecule has 0 heterocycles. The maximum atomic E-state index is 12.3. The first-order valence-electron chi connectivity index (χ1n) is 6.43. The molecule has 1 aromatic carbocycles. The standard InChI is InChI=1S/C15H21NO3S/c1-5-16(10-12(2)3)15(17)14-8-6-13(7-9-14)11-20(4,18)19/h6-9H,2,5,10-11H2,1,3-4H3. The highest BCUT2D eigenvalue weighted by molar-refractivity contribution is 7.89. The second kappa shape index (κ2) is 6.70. The van der Waals surface area contributed by atoms with E-state index in [1.54, 1.807) is 29.2 Å². The molecule has 0 aliphatic heterocycles. The Morgan fingerprint density at radius 3 is 2.20 bits per heavy atom. The molecule has 0 aromatic heterocycles. The first-order valence-corrected chi connectivity index (χ1v) is 8.49. The zero-order chi connectivity index (χ0) is 15.3. The topological polar surface area (TPSA) is 54.5 Å². The summed E-state index contributed by atoms with van der Waals surface area (Å²) in [6.45, 7) is 8.74. The van der Waals surface area contributed by atoms with Gasteiger partial charge in [-0.2, -0.15) is 0 Å². The number of carbonyl (C=O) groups excluding carboxylic acids is 1. The van der Waals surface area contributed by atoms with Crippen molar-refractivity contribution in [1.82, 2.24) is 4.90 Å². The van der Waals surface area contributed by atoms with Gasteiger partial charge in [-0.15, -0.1) is 0 Å². The predicted octanol–water partition coefficient (Wildman–Crippen LogP) is 2.27. The van der Waals surface area contributed by atoms with E-state index in [0.29, 0.717) is 24.2 Å². The molecule has 0 atom stereocenters. The van der Waals surface area contributed by atoms with E-state index in [2.05, 4.69) is 6.58 Å². The predicted molar refractivity (Wildman–Crippen MR) is 81.4 cm³/mol. The summed E-state index contributed by atoms with van der Waals surface area (Å²) >= 11 is 0. The van der Waals surface area contributed by atoms with Gasteiger partial charge in [-0.05, 0) is 31.5 Å². The number of sulfone groups is 1. The molecule has 0 bridgehead atoms. The van der Waals surface area contributed by atoms with Crippen molar-refractivity contribution in [3.05, 3.63) is 47.5 Å². The largest absolute Gasteiger partial charge is 0.335 e. The first kappa shape index (κ1) is 16.4. The van der Waals surface area contributed by atoms with E-state index < -0.39 is 9.84 Å². The van der Waals surface area contributed by atoms with E-state index in [-0.39, 0.29) is 11.7 Å². The Labute approximate surface area is 121 Å². The summed E-state index contributed by atoms with van der Waals surface area (Å²) in [5, 5.41) is 0. The van der Waals surface area contributed by atoms with Gasteiger partial charge in [-0.1, -0.05) is 24.3 Å². The molecule has 5 heteroatoms. The fourth-order valence-electron chi connectivity index (χ4n) is 1.88. The minimum atomic E-state index is -3.05. The monoisotopic (exact) mass is 295 g/mol. The molecule has 110 valence electrons. The summed E-state index contributed by atoms with van der Waals surface area (Å²) < 4.78 is 22.4. The molecule has 0 fully saturated rings. The average molecular weight is 295 g/mol. The van der Waals surface area contributed by atoms with Crippen LogP contribution in [0, 0.1) is 0 Å². The van der Waals surface area contributed by atoms with Crippen molar-refractivity contribution in [2.24, 2.45) is 0 Å². The lowest BCUT2D eigenvalue weighted by Gasteiger charge is -2.21. The van der Waals surface area contributed by atoms with Crippen LogP contribution in [0.15, 0.2) is 36.4 Å². The van der Waals surface area contributed by atoms with E-state index in [0.717, 1.165) is 5.57 Å². The molecule has 0 unspecified atom stereocenters. The third kappa shape index (κ3) is 5.17. The van der Waals surface area contributed by atoms with Crippen LogP contribution >= 0.6 is 0 Å². The minimum absolute atomic E-state index is 0.00920. The summed E-state index contributed by atoms with van der Waals surface area (Å²) in [5.74, 6) is -0.0773. The van der Waals surface area contributed by atoms with Crippen LogP contribution in [0.25, 0.3) is 0 Å². The van der Waals surface area contributed by atoms with Crippen LogP contribution in [0.1, 0.15) is 29.8 Å². The Morgan fingerprint density at radius 1 is 1.25 bits per heavy atom. The third-order valence-corrected chi connectivity index (χ3v) is 3.62. The highest BCUT2D eigenvalue weighted by Gasteiger charge is 2.14. The van der Waals surface area contributed by atoms with Gasteiger partial charge in [0.05, 0.1) is 5.75 Å². The molecular formula is C15H21NO3S. The second-order valence-corrected chi connectivity index (χ2v) is 7.18. The zero-order valence-corrected chi connectivity index (χ0v) is 13.0. The van der Waals surface area contributed by atoms with Gasteiger partial charge >= 0.3 is 0 Å². The first-order chi connectivity index (χ1) is 9.23. The quantitative estimate of drug-likeness (QED) is 0.757. The van der Waals surface area contributed by atoms with Gasteiger partial charge < -0.3 is 4.90 Å². The van der Waals surface area contributed by atoms with E-state index in [1.165, 1.54) is 6.26 Å². The molecule has 20 heavy (non-hydrogen) atoms. The number of rotatable bonds is 6. The van der Waals surface area contributed by atoms with Gasteiger partial charge in [-0.3, -0.25) is 4.79 Å².